The molecule has 6 heteroatoms. The van der Waals surface area contributed by atoms with Gasteiger partial charge in [0.15, 0.2) is 5.69 Å². The van der Waals surface area contributed by atoms with Crippen LogP contribution < -0.4 is 0 Å². The van der Waals surface area contributed by atoms with E-state index < -0.39 is 5.97 Å². The maximum Gasteiger partial charge on any atom is 0.357 e. The van der Waals surface area contributed by atoms with Gasteiger partial charge in [0, 0.05) is 21.8 Å². The molecule has 2 aromatic rings. The number of nitrogens with one attached hydrogen (secondary N) is 1. The molecular formula is C11H8Cl2N2O2. The average molecular weight is 271 g/mol. The van der Waals surface area contributed by atoms with Gasteiger partial charge in [0.25, 0.3) is 0 Å². The Morgan fingerprint density at radius 1 is 1.41 bits per heavy atom. The fourth-order valence-electron chi connectivity index (χ4n) is 1.61. The highest BCUT2D eigenvalue weighted by atomic mass is 35.5. The Balaban J connectivity index is 2.67. The van der Waals surface area contributed by atoms with E-state index >= 15 is 0 Å². The molecule has 0 atom stereocenters. The Kier molecular flexibility index (Phi) is 3.09. The zero-order chi connectivity index (χ0) is 12.6. The highest BCUT2D eigenvalue weighted by molar-refractivity contribution is 6.36. The van der Waals surface area contributed by atoms with Crippen LogP contribution in [0.15, 0.2) is 18.2 Å². The van der Waals surface area contributed by atoms with Gasteiger partial charge in [0.2, 0.25) is 0 Å². The van der Waals surface area contributed by atoms with Gasteiger partial charge in [-0.05, 0) is 19.1 Å². The second-order valence-corrected chi connectivity index (χ2v) is 4.35. The smallest absolute Gasteiger partial charge is 0.357 e. The summed E-state index contributed by atoms with van der Waals surface area (Å²) in [5.74, 6) is -1.10. The second kappa shape index (κ2) is 4.39. The number of aromatic nitrogens is 2. The fourth-order valence-corrected chi connectivity index (χ4v) is 2.11. The molecule has 0 aliphatic rings. The first-order valence-corrected chi connectivity index (χ1v) is 5.50. The summed E-state index contributed by atoms with van der Waals surface area (Å²) in [6, 6.07) is 4.90. The van der Waals surface area contributed by atoms with Crippen molar-refractivity contribution in [3.8, 4) is 11.1 Å². The largest absolute Gasteiger partial charge is 0.476 e. The Morgan fingerprint density at radius 2 is 2.12 bits per heavy atom. The molecule has 0 saturated carbocycles. The molecule has 0 spiro atoms. The maximum absolute atomic E-state index is 11.0. The number of benzene rings is 1. The molecule has 88 valence electrons. The Bertz CT molecular complexity index is 593. The van der Waals surface area contributed by atoms with Crippen molar-refractivity contribution < 1.29 is 9.90 Å². The minimum Gasteiger partial charge on any atom is -0.476 e. The SMILES string of the molecule is Cc1[nH]nc(C(=O)O)c1-c1ccc(Cl)cc1Cl. The third-order valence-corrected chi connectivity index (χ3v) is 2.90. The van der Waals surface area contributed by atoms with Gasteiger partial charge >= 0.3 is 5.97 Å². The predicted octanol–water partition coefficient (Wildman–Crippen LogP) is 3.39. The molecule has 0 saturated heterocycles. The van der Waals surface area contributed by atoms with Crippen LogP contribution in [-0.4, -0.2) is 21.3 Å². The Hall–Kier alpha value is -1.52. The van der Waals surface area contributed by atoms with Crippen LogP contribution in [0.1, 0.15) is 16.2 Å². The predicted molar refractivity (Wildman–Crippen MR) is 65.7 cm³/mol. The van der Waals surface area contributed by atoms with Crippen LogP contribution in [0.25, 0.3) is 11.1 Å². The van der Waals surface area contributed by atoms with Gasteiger partial charge in [-0.3, -0.25) is 5.10 Å². The van der Waals surface area contributed by atoms with Gasteiger partial charge < -0.3 is 5.11 Å². The number of halogens is 2. The lowest BCUT2D eigenvalue weighted by molar-refractivity contribution is 0.0691. The summed E-state index contributed by atoms with van der Waals surface area (Å²) < 4.78 is 0. The van der Waals surface area contributed by atoms with E-state index in [1.54, 1.807) is 25.1 Å². The Morgan fingerprint density at radius 3 is 2.71 bits per heavy atom. The van der Waals surface area contributed by atoms with E-state index in [0.29, 0.717) is 26.9 Å². The first kappa shape index (κ1) is 12.0. The summed E-state index contributed by atoms with van der Waals surface area (Å²) in [4.78, 5) is 11.0. The molecule has 17 heavy (non-hydrogen) atoms. The van der Waals surface area contributed by atoms with Gasteiger partial charge in [-0.1, -0.05) is 29.3 Å². The molecule has 2 N–H and O–H groups in total. The van der Waals surface area contributed by atoms with Crippen molar-refractivity contribution in [1.29, 1.82) is 0 Å². The zero-order valence-corrected chi connectivity index (χ0v) is 10.3. The molecule has 0 amide bonds. The van der Waals surface area contributed by atoms with Crippen molar-refractivity contribution in [3.63, 3.8) is 0 Å². The Labute approximate surface area is 107 Å². The first-order valence-electron chi connectivity index (χ1n) is 4.74. The fraction of sp³-hybridized carbons (Fsp3) is 0.0909. The maximum atomic E-state index is 11.0. The van der Waals surface area contributed by atoms with Crippen LogP contribution in [0, 0.1) is 6.92 Å². The molecule has 0 radical (unpaired) electrons. The van der Waals surface area contributed by atoms with E-state index in [4.69, 9.17) is 28.3 Å². The van der Waals surface area contributed by atoms with E-state index in [9.17, 15) is 4.79 Å². The molecular weight excluding hydrogens is 263 g/mol. The molecule has 1 aromatic heterocycles. The summed E-state index contributed by atoms with van der Waals surface area (Å²) >= 11 is 11.8. The van der Waals surface area contributed by atoms with E-state index in [1.807, 2.05) is 0 Å². The number of aromatic amines is 1. The van der Waals surface area contributed by atoms with Gasteiger partial charge in [-0.15, -0.1) is 0 Å². The van der Waals surface area contributed by atoms with Crippen molar-refractivity contribution in [2.24, 2.45) is 0 Å². The lowest BCUT2D eigenvalue weighted by Gasteiger charge is -2.04. The van der Waals surface area contributed by atoms with Crippen molar-refractivity contribution >= 4 is 29.2 Å². The van der Waals surface area contributed by atoms with Crippen molar-refractivity contribution in [3.05, 3.63) is 39.6 Å². The van der Waals surface area contributed by atoms with E-state index in [2.05, 4.69) is 10.2 Å². The summed E-state index contributed by atoms with van der Waals surface area (Å²) in [7, 11) is 0. The minimum atomic E-state index is -1.10. The number of hydrogen-bond donors (Lipinski definition) is 2. The number of carboxylic acids is 1. The summed E-state index contributed by atoms with van der Waals surface area (Å²) in [6.45, 7) is 1.74. The van der Waals surface area contributed by atoms with E-state index in [-0.39, 0.29) is 5.69 Å². The summed E-state index contributed by atoms with van der Waals surface area (Å²) in [5.41, 5.74) is 1.68. The van der Waals surface area contributed by atoms with E-state index in [1.165, 1.54) is 0 Å². The number of carboxylic acid groups (broad SMARTS) is 1. The quantitative estimate of drug-likeness (QED) is 0.879. The average Bonchev–Trinajstić information content (AvgIpc) is 2.60. The van der Waals surface area contributed by atoms with Crippen molar-refractivity contribution in [2.45, 2.75) is 6.92 Å². The monoisotopic (exact) mass is 270 g/mol. The minimum absolute atomic E-state index is 0.0493. The molecule has 0 fully saturated rings. The van der Waals surface area contributed by atoms with Crippen LogP contribution in [0.2, 0.25) is 10.0 Å². The van der Waals surface area contributed by atoms with Crippen LogP contribution >= 0.6 is 23.2 Å². The van der Waals surface area contributed by atoms with Gasteiger partial charge in [0.05, 0.1) is 5.02 Å². The number of H-pyrrole nitrogens is 1. The number of aromatic carboxylic acids is 1. The van der Waals surface area contributed by atoms with Gasteiger partial charge in [0.1, 0.15) is 0 Å². The van der Waals surface area contributed by atoms with Crippen LogP contribution in [0.4, 0.5) is 0 Å². The number of aryl methyl sites for hydroxylation is 1. The lowest BCUT2D eigenvalue weighted by Crippen LogP contribution is -1.99. The lowest BCUT2D eigenvalue weighted by atomic mass is 10.0. The topological polar surface area (TPSA) is 66.0 Å². The molecule has 4 nitrogen and oxygen atoms in total. The van der Waals surface area contributed by atoms with E-state index in [0.717, 1.165) is 0 Å². The highest BCUT2D eigenvalue weighted by Gasteiger charge is 2.20. The highest BCUT2D eigenvalue weighted by Crippen LogP contribution is 2.33. The second-order valence-electron chi connectivity index (χ2n) is 3.50. The standard InChI is InChI=1S/C11H8Cl2N2O2/c1-5-9(10(11(16)17)15-14-5)7-3-2-6(12)4-8(7)13/h2-4H,1H3,(H,14,15)(H,16,17). The van der Waals surface area contributed by atoms with Gasteiger partial charge in [-0.25, -0.2) is 4.79 Å². The zero-order valence-electron chi connectivity index (χ0n) is 8.79. The molecule has 0 bridgehead atoms. The third-order valence-electron chi connectivity index (χ3n) is 2.35. The van der Waals surface area contributed by atoms with Crippen LogP contribution in [0.5, 0.6) is 0 Å². The molecule has 1 heterocycles. The molecule has 0 aliphatic heterocycles. The normalized spacial score (nSPS) is 10.5. The van der Waals surface area contributed by atoms with Crippen LogP contribution in [-0.2, 0) is 0 Å². The number of rotatable bonds is 2. The van der Waals surface area contributed by atoms with Gasteiger partial charge in [-0.2, -0.15) is 5.10 Å². The molecule has 2 rings (SSSR count). The first-order chi connectivity index (χ1) is 8.00. The third kappa shape index (κ3) is 2.14. The van der Waals surface area contributed by atoms with Crippen molar-refractivity contribution in [1.82, 2.24) is 10.2 Å². The molecule has 0 aliphatic carbocycles. The summed E-state index contributed by atoms with van der Waals surface area (Å²) in [5, 5.41) is 16.3. The number of carbonyl (C=O) groups is 1. The number of hydrogen-bond acceptors (Lipinski definition) is 2. The molecule has 0 unspecified atom stereocenters. The molecule has 1 aromatic carbocycles. The summed E-state index contributed by atoms with van der Waals surface area (Å²) in [6.07, 6.45) is 0. The van der Waals surface area contributed by atoms with Crippen LogP contribution in [0.3, 0.4) is 0 Å². The van der Waals surface area contributed by atoms with Crippen molar-refractivity contribution in [2.75, 3.05) is 0 Å². The number of nitrogens with zero attached hydrogens (tertiary/aromatic N) is 1.